The molecule has 28 heavy (non-hydrogen) atoms. The van der Waals surface area contributed by atoms with Gasteiger partial charge in [-0.25, -0.2) is 0 Å². The third-order valence-corrected chi connectivity index (χ3v) is 5.38. The minimum absolute atomic E-state index is 0.448. The van der Waals surface area contributed by atoms with Crippen molar-refractivity contribution < 1.29 is 4.42 Å². The quantitative estimate of drug-likeness (QED) is 0.705. The second-order valence-electron chi connectivity index (χ2n) is 7.13. The van der Waals surface area contributed by atoms with Crippen molar-refractivity contribution in [1.82, 2.24) is 15.1 Å². The van der Waals surface area contributed by atoms with Crippen molar-refractivity contribution in [2.75, 3.05) is 42.9 Å². The molecule has 2 heterocycles. The molecular formula is C22H27N5O. The smallest absolute Gasteiger partial charge is 0.316 e. The van der Waals surface area contributed by atoms with E-state index in [1.54, 1.807) is 0 Å². The second kappa shape index (κ2) is 8.44. The van der Waals surface area contributed by atoms with E-state index in [1.807, 2.05) is 31.2 Å². The fourth-order valence-corrected chi connectivity index (χ4v) is 3.66. The van der Waals surface area contributed by atoms with Crippen LogP contribution in [0, 0.1) is 6.92 Å². The van der Waals surface area contributed by atoms with Crippen molar-refractivity contribution in [1.29, 1.82) is 0 Å². The van der Waals surface area contributed by atoms with Crippen molar-refractivity contribution in [3.63, 3.8) is 0 Å². The molecule has 0 bridgehead atoms. The highest BCUT2D eigenvalue weighted by molar-refractivity contribution is 5.58. The monoisotopic (exact) mass is 377 g/mol. The van der Waals surface area contributed by atoms with Crippen molar-refractivity contribution >= 4 is 11.7 Å². The van der Waals surface area contributed by atoms with Crippen LogP contribution in [0.5, 0.6) is 0 Å². The molecule has 1 aromatic heterocycles. The molecule has 3 aromatic rings. The maximum absolute atomic E-state index is 5.83. The number of hydrogen-bond acceptors (Lipinski definition) is 6. The Morgan fingerprint density at radius 1 is 0.964 bits per heavy atom. The fraction of sp³-hybridized carbons (Fsp3) is 0.364. The number of nitrogens with one attached hydrogen (secondary N) is 1. The predicted octanol–water partition coefficient (Wildman–Crippen LogP) is 3.80. The minimum Gasteiger partial charge on any atom is -0.403 e. The van der Waals surface area contributed by atoms with Gasteiger partial charge in [-0.15, -0.1) is 5.10 Å². The van der Waals surface area contributed by atoms with Crippen LogP contribution in [0.4, 0.5) is 11.7 Å². The van der Waals surface area contributed by atoms with Crippen LogP contribution in [0.3, 0.4) is 0 Å². The van der Waals surface area contributed by atoms with E-state index in [-0.39, 0.29) is 0 Å². The highest BCUT2D eigenvalue weighted by Gasteiger charge is 2.18. The lowest BCUT2D eigenvalue weighted by molar-refractivity contribution is 0.271. The molecule has 0 amide bonds. The molecule has 0 spiro atoms. The number of likely N-dealkylation sites (N-methyl/N-ethyl adjacent to an activating group) is 1. The Hall–Kier alpha value is -2.86. The number of anilines is 2. The number of aryl methyl sites for hydroxylation is 1. The third kappa shape index (κ3) is 4.02. The van der Waals surface area contributed by atoms with Crippen molar-refractivity contribution in [2.24, 2.45) is 0 Å². The van der Waals surface area contributed by atoms with Gasteiger partial charge in [-0.2, -0.15) is 0 Å². The Bertz CT molecular complexity index is 915. The zero-order chi connectivity index (χ0) is 19.3. The average molecular weight is 377 g/mol. The molecule has 6 heteroatoms. The van der Waals surface area contributed by atoms with Crippen LogP contribution in [0.2, 0.25) is 0 Å². The number of hydrogen-bond donors (Lipinski definition) is 1. The van der Waals surface area contributed by atoms with Crippen LogP contribution in [0.15, 0.2) is 52.9 Å². The lowest BCUT2D eigenvalue weighted by Crippen LogP contribution is -2.46. The molecule has 4 rings (SSSR count). The minimum atomic E-state index is 0.448. The molecule has 6 nitrogen and oxygen atoms in total. The van der Waals surface area contributed by atoms with Crippen LogP contribution in [0.25, 0.3) is 11.5 Å². The van der Waals surface area contributed by atoms with Crippen LogP contribution < -0.4 is 10.2 Å². The molecule has 1 saturated heterocycles. The molecule has 1 fully saturated rings. The van der Waals surface area contributed by atoms with Gasteiger partial charge in [-0.1, -0.05) is 48.4 Å². The van der Waals surface area contributed by atoms with Gasteiger partial charge in [0.2, 0.25) is 5.89 Å². The number of aromatic nitrogens is 2. The zero-order valence-corrected chi connectivity index (χ0v) is 16.6. The molecule has 1 aliphatic heterocycles. The molecule has 0 unspecified atom stereocenters. The van der Waals surface area contributed by atoms with E-state index in [1.165, 1.54) is 11.3 Å². The van der Waals surface area contributed by atoms with Gasteiger partial charge >= 0.3 is 6.01 Å². The van der Waals surface area contributed by atoms with E-state index in [0.717, 1.165) is 43.9 Å². The van der Waals surface area contributed by atoms with Gasteiger partial charge in [0.1, 0.15) is 0 Å². The molecular weight excluding hydrogens is 350 g/mol. The molecule has 0 aliphatic carbocycles. The SMILES string of the molecule is CCN1CCN(c2ccccc2CNc2nnc(-c3ccccc3C)o2)CC1. The number of nitrogens with zero attached hydrogens (tertiary/aromatic N) is 4. The molecule has 1 aliphatic rings. The van der Waals surface area contributed by atoms with Crippen molar-refractivity contribution in [3.05, 3.63) is 59.7 Å². The summed E-state index contributed by atoms with van der Waals surface area (Å²) in [6, 6.07) is 17.0. The molecule has 146 valence electrons. The van der Waals surface area contributed by atoms with E-state index >= 15 is 0 Å². The highest BCUT2D eigenvalue weighted by Crippen LogP contribution is 2.25. The van der Waals surface area contributed by atoms with Crippen LogP contribution in [-0.2, 0) is 6.54 Å². The van der Waals surface area contributed by atoms with Gasteiger partial charge in [0.25, 0.3) is 0 Å². The molecule has 0 atom stereocenters. The topological polar surface area (TPSA) is 57.4 Å². The lowest BCUT2D eigenvalue weighted by atomic mass is 10.1. The number of para-hydroxylation sites is 1. The standard InChI is InChI=1S/C22H27N5O/c1-3-26-12-14-27(15-13-26)20-11-7-5-9-18(20)16-23-22-25-24-21(28-22)19-10-6-4-8-17(19)2/h4-11H,3,12-16H2,1-2H3,(H,23,25). The summed E-state index contributed by atoms with van der Waals surface area (Å²) in [7, 11) is 0. The molecule has 0 saturated carbocycles. The summed E-state index contributed by atoms with van der Waals surface area (Å²) in [6.45, 7) is 10.4. The summed E-state index contributed by atoms with van der Waals surface area (Å²) in [4.78, 5) is 4.96. The Morgan fingerprint density at radius 2 is 1.71 bits per heavy atom. The Labute approximate surface area is 166 Å². The third-order valence-electron chi connectivity index (χ3n) is 5.38. The van der Waals surface area contributed by atoms with Gasteiger partial charge in [-0.3, -0.25) is 0 Å². The fourth-order valence-electron chi connectivity index (χ4n) is 3.66. The van der Waals surface area contributed by atoms with Gasteiger partial charge in [0.05, 0.1) is 0 Å². The zero-order valence-electron chi connectivity index (χ0n) is 16.6. The first kappa shape index (κ1) is 18.5. The Balaban J connectivity index is 1.44. The van der Waals surface area contributed by atoms with Crippen molar-refractivity contribution in [2.45, 2.75) is 20.4 Å². The summed E-state index contributed by atoms with van der Waals surface area (Å²) in [5, 5.41) is 11.7. The number of piperazine rings is 1. The van der Waals surface area contributed by atoms with Crippen LogP contribution >= 0.6 is 0 Å². The second-order valence-corrected chi connectivity index (χ2v) is 7.13. The van der Waals surface area contributed by atoms with E-state index < -0.39 is 0 Å². The first-order chi connectivity index (χ1) is 13.7. The van der Waals surface area contributed by atoms with Crippen LogP contribution in [0.1, 0.15) is 18.1 Å². The Morgan fingerprint density at radius 3 is 2.50 bits per heavy atom. The first-order valence-electron chi connectivity index (χ1n) is 9.93. The van der Waals surface area contributed by atoms with E-state index in [2.05, 4.69) is 56.5 Å². The normalized spacial score (nSPS) is 15.0. The molecule has 0 radical (unpaired) electrons. The number of rotatable bonds is 6. The maximum Gasteiger partial charge on any atom is 0.316 e. The summed E-state index contributed by atoms with van der Waals surface area (Å²) < 4.78 is 5.83. The van der Waals surface area contributed by atoms with E-state index in [0.29, 0.717) is 18.5 Å². The summed E-state index contributed by atoms with van der Waals surface area (Å²) in [5.41, 5.74) is 4.61. The van der Waals surface area contributed by atoms with Gasteiger partial charge < -0.3 is 19.5 Å². The highest BCUT2D eigenvalue weighted by atomic mass is 16.4. The average Bonchev–Trinajstić information content (AvgIpc) is 3.22. The van der Waals surface area contributed by atoms with Crippen molar-refractivity contribution in [3.8, 4) is 11.5 Å². The summed E-state index contributed by atoms with van der Waals surface area (Å²) in [6.07, 6.45) is 0. The summed E-state index contributed by atoms with van der Waals surface area (Å²) in [5.74, 6) is 0.546. The predicted molar refractivity (Wildman–Crippen MR) is 113 cm³/mol. The molecule has 2 aromatic carbocycles. The van der Waals surface area contributed by atoms with Gasteiger partial charge in [0.15, 0.2) is 0 Å². The Kier molecular flexibility index (Phi) is 5.58. The van der Waals surface area contributed by atoms with Gasteiger partial charge in [-0.05, 0) is 36.7 Å². The van der Waals surface area contributed by atoms with Crippen LogP contribution in [-0.4, -0.2) is 47.8 Å². The largest absolute Gasteiger partial charge is 0.403 e. The van der Waals surface area contributed by atoms with E-state index in [4.69, 9.17) is 4.42 Å². The van der Waals surface area contributed by atoms with Gasteiger partial charge in [0, 0.05) is 44.0 Å². The first-order valence-corrected chi connectivity index (χ1v) is 9.93. The maximum atomic E-state index is 5.83. The lowest BCUT2D eigenvalue weighted by Gasteiger charge is -2.36. The number of benzene rings is 2. The van der Waals surface area contributed by atoms with E-state index in [9.17, 15) is 0 Å². The summed E-state index contributed by atoms with van der Waals surface area (Å²) >= 11 is 0. The molecule has 1 N–H and O–H groups in total.